The van der Waals surface area contributed by atoms with Gasteiger partial charge in [-0.15, -0.1) is 0 Å². The molecule has 0 aromatic carbocycles. The second-order valence-electron chi connectivity index (χ2n) is 3.06. The summed E-state index contributed by atoms with van der Waals surface area (Å²) >= 11 is 0. The lowest BCUT2D eigenvalue weighted by Gasteiger charge is -2.12. The van der Waals surface area contributed by atoms with Crippen LogP contribution in [0.2, 0.25) is 0 Å². The largest absolute Gasteiger partial charge is 0.412 e. The fourth-order valence-electron chi connectivity index (χ4n) is 0.278. The Morgan fingerprint density at radius 2 is 1.38 bits per heavy atom. The molecule has 1 rings (SSSR count). The zero-order valence-corrected chi connectivity index (χ0v) is 8.91. The van der Waals surface area contributed by atoms with Crippen LogP contribution in [0.5, 0.6) is 0 Å². The fourth-order valence-corrected chi connectivity index (χ4v) is 0.278. The molecule has 13 heavy (non-hydrogen) atoms. The summed E-state index contributed by atoms with van der Waals surface area (Å²) in [5, 5.41) is 0. The van der Waals surface area contributed by atoms with Crippen molar-refractivity contribution in [1.82, 2.24) is 4.98 Å². The molecule has 0 atom stereocenters. The number of nitrogens with zero attached hydrogens (tertiary/aromatic N) is 1. The average molecular weight is 209 g/mol. The molecule has 1 heterocycles. The van der Waals surface area contributed by atoms with Crippen molar-refractivity contribution in [3.8, 4) is 0 Å². The van der Waals surface area contributed by atoms with E-state index in [2.05, 4.69) is 4.98 Å². The van der Waals surface area contributed by atoms with E-state index in [4.69, 9.17) is 0 Å². The Labute approximate surface area is 80.0 Å². The maximum atomic E-state index is 10.0. The van der Waals surface area contributed by atoms with E-state index in [-0.39, 0.29) is 9.36 Å². The van der Waals surface area contributed by atoms with Crippen molar-refractivity contribution >= 4 is 10.9 Å². The highest BCUT2D eigenvalue weighted by molar-refractivity contribution is 7.66. The Morgan fingerprint density at radius 3 is 1.46 bits per heavy atom. The molecule has 0 saturated heterocycles. The van der Waals surface area contributed by atoms with Crippen LogP contribution < -0.4 is 0 Å². The van der Waals surface area contributed by atoms with Gasteiger partial charge in [0.05, 0.1) is 21.1 Å². The lowest BCUT2D eigenvalue weighted by molar-refractivity contribution is -0.734. The number of aromatic nitrogens is 1. The van der Waals surface area contributed by atoms with Crippen LogP contribution in [0, 0.1) is 0 Å². The summed E-state index contributed by atoms with van der Waals surface area (Å²) < 4.78 is 20.1. The molecular formula is C7H17N2O3S+. The zero-order valence-electron chi connectivity index (χ0n) is 8.02. The smallest absolute Gasteiger partial charge is 0.286 e. The first-order chi connectivity index (χ1) is 5.44. The van der Waals surface area contributed by atoms with E-state index in [9.17, 15) is 8.42 Å². The Bertz CT molecular complexity index is 237. The third-order valence-electron chi connectivity index (χ3n) is 0.986. The molecular weight excluding hydrogens is 192 g/mol. The predicted molar refractivity (Wildman–Crippen MR) is 52.8 cm³/mol. The molecule has 0 aliphatic carbocycles. The van der Waals surface area contributed by atoms with Gasteiger partial charge >= 0.3 is 0 Å². The molecule has 0 aliphatic heterocycles. The van der Waals surface area contributed by atoms with E-state index in [1.165, 1.54) is 0 Å². The van der Waals surface area contributed by atoms with Crippen LogP contribution in [0.1, 0.15) is 0 Å². The summed E-state index contributed by atoms with van der Waals surface area (Å²) in [5.74, 6) is 0. The van der Waals surface area contributed by atoms with Gasteiger partial charge in [0.15, 0.2) is 0 Å². The monoisotopic (exact) mass is 209 g/mol. The van der Waals surface area contributed by atoms with Crippen LogP contribution in [-0.4, -0.2) is 43.9 Å². The second-order valence-corrected chi connectivity index (χ2v) is 4.74. The molecule has 1 aromatic heterocycles. The molecule has 78 valence electrons. The van der Waals surface area contributed by atoms with E-state index in [1.54, 1.807) is 21.1 Å². The summed E-state index contributed by atoms with van der Waals surface area (Å²) in [4.78, 5) is 2.86. The van der Waals surface area contributed by atoms with Crippen molar-refractivity contribution in [3.05, 3.63) is 24.5 Å². The second kappa shape index (κ2) is 6.64. The first-order valence-electron chi connectivity index (χ1n) is 3.48. The molecule has 1 aromatic rings. The summed E-state index contributed by atoms with van der Waals surface area (Å²) in [6.45, 7) is 0. The third-order valence-corrected chi connectivity index (χ3v) is 1.97. The third kappa shape index (κ3) is 9.06. The molecule has 6 heteroatoms. The highest BCUT2D eigenvalue weighted by atomic mass is 32.2. The lowest BCUT2D eigenvalue weighted by Crippen LogP contribution is -2.31. The minimum atomic E-state index is -2.30. The predicted octanol–water partition coefficient (Wildman–Crippen LogP) is -0.591. The van der Waals surface area contributed by atoms with Crippen molar-refractivity contribution in [2.75, 3.05) is 21.1 Å². The highest BCUT2D eigenvalue weighted by Gasteiger charge is 2.06. The minimum absolute atomic E-state index is 0. The Hall–Kier alpha value is -0.850. The quantitative estimate of drug-likeness (QED) is 0.479. The molecule has 0 radical (unpaired) electrons. The lowest BCUT2D eigenvalue weighted by atomic mass is 10.7. The van der Waals surface area contributed by atoms with E-state index >= 15 is 0 Å². The maximum absolute atomic E-state index is 10.0. The number of hydrogen-bond acceptors (Lipinski definition) is 2. The molecule has 5 nitrogen and oxygen atoms in total. The standard InChI is InChI=1S/C4H5N.C3H10NO2S.H2O/c1-2-4-5-3-1;1-4(2,3)7(5)6;/h1-5H;7H,1-3H3;1H2/q;+1;. The van der Waals surface area contributed by atoms with Crippen LogP contribution in [0.3, 0.4) is 0 Å². The van der Waals surface area contributed by atoms with Crippen LogP contribution in [0.15, 0.2) is 24.5 Å². The Balaban J connectivity index is 0. The number of nitrogens with one attached hydrogen (secondary N) is 1. The SMILES string of the molecule is C[N+](C)(C)[SH](=O)=O.O.c1cc[nH]c1. The van der Waals surface area contributed by atoms with Gasteiger partial charge in [-0.2, -0.15) is 8.42 Å². The van der Waals surface area contributed by atoms with Gasteiger partial charge in [0.1, 0.15) is 0 Å². The van der Waals surface area contributed by atoms with E-state index in [0.717, 1.165) is 0 Å². The van der Waals surface area contributed by atoms with Crippen LogP contribution in [0.25, 0.3) is 0 Å². The van der Waals surface area contributed by atoms with E-state index < -0.39 is 10.9 Å². The van der Waals surface area contributed by atoms with Crippen molar-refractivity contribution < 1.29 is 17.8 Å². The summed E-state index contributed by atoms with van der Waals surface area (Å²) in [6.07, 6.45) is 3.75. The van der Waals surface area contributed by atoms with Crippen molar-refractivity contribution in [3.63, 3.8) is 0 Å². The van der Waals surface area contributed by atoms with Crippen LogP contribution in [0.4, 0.5) is 0 Å². The minimum Gasteiger partial charge on any atom is -0.412 e. The van der Waals surface area contributed by atoms with Gasteiger partial charge in [-0.1, -0.05) is 0 Å². The normalized spacial score (nSPS) is 9.85. The molecule has 0 aliphatic rings. The molecule has 0 unspecified atom stereocenters. The number of quaternary nitrogens is 1. The first kappa shape index (κ1) is 14.7. The van der Waals surface area contributed by atoms with Crippen molar-refractivity contribution in [1.29, 1.82) is 0 Å². The number of rotatable bonds is 1. The van der Waals surface area contributed by atoms with Crippen LogP contribution >= 0.6 is 0 Å². The summed E-state index contributed by atoms with van der Waals surface area (Å²) in [6, 6.07) is 3.89. The molecule has 0 saturated carbocycles. The Kier molecular flexibility index (Phi) is 7.49. The zero-order chi connectivity index (χ0) is 9.61. The summed E-state index contributed by atoms with van der Waals surface area (Å²) in [5.41, 5.74) is 0. The molecule has 0 amide bonds. The van der Waals surface area contributed by atoms with Crippen molar-refractivity contribution in [2.45, 2.75) is 0 Å². The van der Waals surface area contributed by atoms with Gasteiger partial charge in [0.25, 0.3) is 10.9 Å². The number of thiol groups is 1. The number of hydrogen-bond donors (Lipinski definition) is 2. The molecule has 0 spiro atoms. The van der Waals surface area contributed by atoms with Gasteiger partial charge in [0.2, 0.25) is 0 Å². The molecule has 0 fully saturated rings. The van der Waals surface area contributed by atoms with E-state index in [1.807, 2.05) is 24.5 Å². The number of H-pyrrole nitrogens is 1. The van der Waals surface area contributed by atoms with Gasteiger partial charge in [-0.25, -0.2) is 3.89 Å². The highest BCUT2D eigenvalue weighted by Crippen LogP contribution is 1.85. The topological polar surface area (TPSA) is 81.4 Å². The molecule has 0 bridgehead atoms. The first-order valence-corrected chi connectivity index (χ1v) is 4.61. The van der Waals surface area contributed by atoms with Gasteiger partial charge in [-0.3, -0.25) is 0 Å². The molecule has 3 N–H and O–H groups in total. The van der Waals surface area contributed by atoms with Gasteiger partial charge < -0.3 is 10.5 Å². The average Bonchev–Trinajstić information content (AvgIpc) is 2.39. The number of aromatic amines is 1. The van der Waals surface area contributed by atoms with Gasteiger partial charge in [0, 0.05) is 12.4 Å². The Morgan fingerprint density at radius 1 is 1.08 bits per heavy atom. The van der Waals surface area contributed by atoms with E-state index in [0.29, 0.717) is 0 Å². The summed E-state index contributed by atoms with van der Waals surface area (Å²) in [7, 11) is 2.50. The fraction of sp³-hybridized carbons (Fsp3) is 0.429. The maximum Gasteiger partial charge on any atom is 0.286 e. The van der Waals surface area contributed by atoms with Crippen molar-refractivity contribution in [2.24, 2.45) is 0 Å². The van der Waals surface area contributed by atoms with Crippen LogP contribution in [-0.2, 0) is 10.9 Å². The van der Waals surface area contributed by atoms with Gasteiger partial charge in [-0.05, 0) is 12.1 Å².